The van der Waals surface area contributed by atoms with Crippen LogP contribution in [0, 0.1) is 5.82 Å². The minimum absolute atomic E-state index is 0.0179. The van der Waals surface area contributed by atoms with Gasteiger partial charge in [0.15, 0.2) is 5.69 Å². The molecule has 1 aliphatic rings. The second-order valence-corrected chi connectivity index (χ2v) is 7.94. The van der Waals surface area contributed by atoms with E-state index in [1.165, 1.54) is 27.7 Å². The van der Waals surface area contributed by atoms with Crippen molar-refractivity contribution in [2.45, 2.75) is 44.4 Å². The molecule has 1 fully saturated rings. The van der Waals surface area contributed by atoms with Crippen LogP contribution < -0.4 is 0 Å². The van der Waals surface area contributed by atoms with Gasteiger partial charge >= 0.3 is 6.18 Å². The van der Waals surface area contributed by atoms with Crippen LogP contribution in [0.2, 0.25) is 0 Å². The molecule has 0 unspecified atom stereocenters. The van der Waals surface area contributed by atoms with Crippen LogP contribution in [0.1, 0.15) is 41.9 Å². The predicted octanol–water partition coefficient (Wildman–Crippen LogP) is 4.53. The number of benzene rings is 1. The second-order valence-electron chi connectivity index (χ2n) is 7.94. The highest BCUT2D eigenvalue weighted by Gasteiger charge is 2.34. The first kappa shape index (κ1) is 22.0. The van der Waals surface area contributed by atoms with E-state index < -0.39 is 11.9 Å². The lowest BCUT2D eigenvalue weighted by Crippen LogP contribution is -2.41. The lowest BCUT2D eigenvalue weighted by atomic mass is 10.1. The SMILES string of the molecule is Cn1nc(-c2ccc(F)cc2)cc1C(=O)N(CCn1ccc(C(F)(F)F)n1)C1CCCC1. The molecule has 4 rings (SSSR count). The van der Waals surface area contributed by atoms with Gasteiger partial charge in [-0.25, -0.2) is 4.39 Å². The normalized spacial score (nSPS) is 14.8. The fourth-order valence-electron chi connectivity index (χ4n) is 4.09. The van der Waals surface area contributed by atoms with Crippen LogP contribution in [0.5, 0.6) is 0 Å². The number of amides is 1. The third-order valence-electron chi connectivity index (χ3n) is 5.77. The quantitative estimate of drug-likeness (QED) is 0.520. The third kappa shape index (κ3) is 4.68. The molecule has 0 radical (unpaired) electrons. The van der Waals surface area contributed by atoms with E-state index in [2.05, 4.69) is 10.2 Å². The monoisotopic (exact) mass is 449 g/mol. The Morgan fingerprint density at radius 1 is 1.12 bits per heavy atom. The number of halogens is 4. The van der Waals surface area contributed by atoms with Gasteiger partial charge < -0.3 is 4.90 Å². The van der Waals surface area contributed by atoms with Gasteiger partial charge in [-0.3, -0.25) is 14.2 Å². The number of hydrogen-bond acceptors (Lipinski definition) is 3. The van der Waals surface area contributed by atoms with Gasteiger partial charge in [0.2, 0.25) is 0 Å². The van der Waals surface area contributed by atoms with E-state index in [4.69, 9.17) is 0 Å². The van der Waals surface area contributed by atoms with Crippen LogP contribution >= 0.6 is 0 Å². The first-order valence-electron chi connectivity index (χ1n) is 10.4. The molecule has 0 atom stereocenters. The average molecular weight is 449 g/mol. The van der Waals surface area contributed by atoms with Crippen LogP contribution in [-0.4, -0.2) is 43.0 Å². The Hall–Kier alpha value is -3.17. The molecule has 2 aromatic heterocycles. The summed E-state index contributed by atoms with van der Waals surface area (Å²) in [6, 6.07) is 8.45. The molecular formula is C22H23F4N5O. The molecule has 1 amide bonds. The summed E-state index contributed by atoms with van der Waals surface area (Å²) in [5.41, 5.74) is 0.647. The average Bonchev–Trinajstić information content (AvgIpc) is 3.49. The molecule has 10 heteroatoms. The molecule has 170 valence electrons. The van der Waals surface area contributed by atoms with Crippen molar-refractivity contribution in [2.24, 2.45) is 7.05 Å². The highest BCUT2D eigenvalue weighted by atomic mass is 19.4. The van der Waals surface area contributed by atoms with Crippen molar-refractivity contribution in [3.05, 3.63) is 59.8 Å². The third-order valence-corrected chi connectivity index (χ3v) is 5.77. The van der Waals surface area contributed by atoms with E-state index >= 15 is 0 Å². The maximum Gasteiger partial charge on any atom is 0.435 e. The van der Waals surface area contributed by atoms with Crippen LogP contribution in [0.25, 0.3) is 11.3 Å². The summed E-state index contributed by atoms with van der Waals surface area (Å²) in [5, 5.41) is 7.98. The summed E-state index contributed by atoms with van der Waals surface area (Å²) < 4.78 is 54.4. The van der Waals surface area contributed by atoms with Gasteiger partial charge in [-0.2, -0.15) is 23.4 Å². The largest absolute Gasteiger partial charge is 0.435 e. The summed E-state index contributed by atoms with van der Waals surface area (Å²) in [7, 11) is 1.66. The molecule has 2 heterocycles. The van der Waals surface area contributed by atoms with Gasteiger partial charge in [-0.05, 0) is 49.2 Å². The van der Waals surface area contributed by atoms with Crippen LogP contribution in [0.3, 0.4) is 0 Å². The zero-order chi connectivity index (χ0) is 22.9. The molecule has 6 nitrogen and oxygen atoms in total. The van der Waals surface area contributed by atoms with E-state index in [-0.39, 0.29) is 30.9 Å². The van der Waals surface area contributed by atoms with Crippen LogP contribution in [0.4, 0.5) is 17.6 Å². The number of nitrogens with zero attached hydrogens (tertiary/aromatic N) is 5. The van der Waals surface area contributed by atoms with E-state index in [0.717, 1.165) is 31.7 Å². The number of carbonyl (C=O) groups excluding carboxylic acids is 1. The molecule has 0 spiro atoms. The maximum absolute atomic E-state index is 13.4. The van der Waals surface area contributed by atoms with Gasteiger partial charge in [0.05, 0.1) is 12.2 Å². The number of alkyl halides is 3. The Kier molecular flexibility index (Phi) is 6.03. The molecule has 1 aliphatic carbocycles. The lowest BCUT2D eigenvalue weighted by Gasteiger charge is -2.29. The Labute approximate surface area is 182 Å². The van der Waals surface area contributed by atoms with E-state index in [1.807, 2.05) is 0 Å². The minimum Gasteiger partial charge on any atom is -0.332 e. The standard InChI is InChI=1S/C22H23F4N5O/c1-29-19(14-18(27-29)15-6-8-16(23)9-7-15)21(32)31(17-4-2-3-5-17)13-12-30-11-10-20(28-30)22(24,25)26/h6-11,14,17H,2-5,12-13H2,1H3. The van der Waals surface area contributed by atoms with Gasteiger partial charge in [0, 0.05) is 31.4 Å². The molecule has 32 heavy (non-hydrogen) atoms. The van der Waals surface area contributed by atoms with Crippen molar-refractivity contribution in [3.63, 3.8) is 0 Å². The number of hydrogen-bond donors (Lipinski definition) is 0. The molecule has 0 bridgehead atoms. The summed E-state index contributed by atoms with van der Waals surface area (Å²) >= 11 is 0. The maximum atomic E-state index is 13.4. The molecule has 0 N–H and O–H groups in total. The molecule has 3 aromatic rings. The van der Waals surface area contributed by atoms with Crippen molar-refractivity contribution in [1.82, 2.24) is 24.5 Å². The Bertz CT molecular complexity index is 1080. The van der Waals surface area contributed by atoms with Crippen molar-refractivity contribution in [3.8, 4) is 11.3 Å². The van der Waals surface area contributed by atoms with Gasteiger partial charge in [-0.1, -0.05) is 12.8 Å². The van der Waals surface area contributed by atoms with Gasteiger partial charge in [-0.15, -0.1) is 0 Å². The fourth-order valence-corrected chi connectivity index (χ4v) is 4.09. The summed E-state index contributed by atoms with van der Waals surface area (Å²) in [6.45, 7) is 0.389. The van der Waals surface area contributed by atoms with E-state index in [0.29, 0.717) is 17.0 Å². The molecule has 1 saturated carbocycles. The predicted molar refractivity (Wildman–Crippen MR) is 109 cm³/mol. The van der Waals surface area contributed by atoms with Gasteiger partial charge in [0.1, 0.15) is 11.5 Å². The van der Waals surface area contributed by atoms with Gasteiger partial charge in [0.25, 0.3) is 5.91 Å². The number of aryl methyl sites for hydroxylation is 1. The number of rotatable bonds is 6. The Morgan fingerprint density at radius 2 is 1.81 bits per heavy atom. The second kappa shape index (κ2) is 8.76. The number of carbonyl (C=O) groups is 1. The fraction of sp³-hybridized carbons (Fsp3) is 0.409. The van der Waals surface area contributed by atoms with E-state index in [1.54, 1.807) is 30.1 Å². The smallest absolute Gasteiger partial charge is 0.332 e. The lowest BCUT2D eigenvalue weighted by molar-refractivity contribution is -0.141. The molecule has 0 saturated heterocycles. The summed E-state index contributed by atoms with van der Waals surface area (Å²) in [4.78, 5) is 15.1. The Balaban J connectivity index is 1.55. The zero-order valence-electron chi connectivity index (χ0n) is 17.5. The minimum atomic E-state index is -4.50. The van der Waals surface area contributed by atoms with Crippen molar-refractivity contribution < 1.29 is 22.4 Å². The Morgan fingerprint density at radius 3 is 2.44 bits per heavy atom. The number of aromatic nitrogens is 4. The molecule has 1 aromatic carbocycles. The molecular weight excluding hydrogens is 426 g/mol. The topological polar surface area (TPSA) is 56.0 Å². The zero-order valence-corrected chi connectivity index (χ0v) is 17.5. The van der Waals surface area contributed by atoms with E-state index in [9.17, 15) is 22.4 Å². The van der Waals surface area contributed by atoms with Crippen LogP contribution in [0.15, 0.2) is 42.6 Å². The highest BCUT2D eigenvalue weighted by Crippen LogP contribution is 2.28. The first-order valence-corrected chi connectivity index (χ1v) is 10.4. The first-order chi connectivity index (χ1) is 15.2. The summed E-state index contributed by atoms with van der Waals surface area (Å²) in [6.07, 6.45) is 0.471. The van der Waals surface area contributed by atoms with Crippen molar-refractivity contribution in [1.29, 1.82) is 0 Å². The highest BCUT2D eigenvalue weighted by molar-refractivity contribution is 5.94. The van der Waals surface area contributed by atoms with Crippen molar-refractivity contribution in [2.75, 3.05) is 6.54 Å². The van der Waals surface area contributed by atoms with Crippen molar-refractivity contribution >= 4 is 5.91 Å². The molecule has 0 aliphatic heterocycles. The summed E-state index contributed by atoms with van der Waals surface area (Å²) in [5.74, 6) is -0.593. The van der Waals surface area contributed by atoms with Crippen LogP contribution in [-0.2, 0) is 19.8 Å².